The summed E-state index contributed by atoms with van der Waals surface area (Å²) in [6.07, 6.45) is 0.0653. The Balaban J connectivity index is 0.00000408. The van der Waals surface area contributed by atoms with Crippen LogP contribution in [0.5, 0.6) is 11.5 Å². The normalized spacial score (nSPS) is 13.9. The van der Waals surface area contributed by atoms with E-state index in [0.717, 1.165) is 12.0 Å². The van der Waals surface area contributed by atoms with Gasteiger partial charge in [0.05, 0.1) is 24.8 Å². The number of H-pyrrole nitrogens is 2. The Labute approximate surface area is 209 Å². The number of hydrogen-bond acceptors (Lipinski definition) is 7. The molecule has 0 spiro atoms. The number of fused-ring (bicyclic) bond motifs is 1. The van der Waals surface area contributed by atoms with E-state index in [1.165, 1.54) is 0 Å². The first kappa shape index (κ1) is 28.2. The molecule has 0 aliphatic carbocycles. The van der Waals surface area contributed by atoms with E-state index in [-0.39, 0.29) is 37.7 Å². The predicted octanol–water partition coefficient (Wildman–Crippen LogP) is 2.38. The van der Waals surface area contributed by atoms with E-state index in [4.69, 9.17) is 14.1 Å². The summed E-state index contributed by atoms with van der Waals surface area (Å²) in [7, 11) is -3.76. The zero-order chi connectivity index (χ0) is 23.8. The summed E-state index contributed by atoms with van der Waals surface area (Å²) < 4.78 is 21.8. The molecule has 0 saturated carbocycles. The fourth-order valence-corrected chi connectivity index (χ4v) is 4.15. The molecular weight excluding hydrogens is 456 g/mol. The summed E-state index contributed by atoms with van der Waals surface area (Å²) in [5, 5.41) is 12.3. The summed E-state index contributed by atoms with van der Waals surface area (Å²) in [6, 6.07) is 12.3. The summed E-state index contributed by atoms with van der Waals surface area (Å²) in [5.41, 5.74) is 1.79. The van der Waals surface area contributed by atoms with Gasteiger partial charge in [-0.3, -0.25) is 4.57 Å². The Morgan fingerprint density at radius 3 is 2.53 bits per heavy atom. The Kier molecular flexibility index (Phi) is 10.9. The molecule has 182 valence electrons. The average Bonchev–Trinajstić information content (AvgIpc) is 3.15. The van der Waals surface area contributed by atoms with Gasteiger partial charge in [0.15, 0.2) is 12.1 Å². The third-order valence-corrected chi connectivity index (χ3v) is 5.86. The molecule has 12 heteroatoms. The first-order valence-electron chi connectivity index (χ1n) is 10.8. The van der Waals surface area contributed by atoms with E-state index in [2.05, 4.69) is 9.97 Å². The molecule has 1 heterocycles. The number of nitrogens with zero attached hydrogens (tertiary/aromatic N) is 1. The summed E-state index contributed by atoms with van der Waals surface area (Å²) in [4.78, 5) is 32.6. The van der Waals surface area contributed by atoms with Crippen LogP contribution in [0.25, 0.3) is 11.0 Å². The quantitative estimate of drug-likeness (QED) is 0.164. The molecular formula is C22H31LiN3O7P. The number of ether oxygens (including phenoxy) is 1. The number of imidazole rings is 1. The number of aliphatic hydroxyl groups is 1. The Morgan fingerprint density at radius 1 is 1.12 bits per heavy atom. The molecule has 0 fully saturated rings. The molecule has 0 radical (unpaired) electrons. The molecule has 0 aliphatic rings. The molecule has 3 aromatic rings. The number of rotatable bonds is 13. The van der Waals surface area contributed by atoms with Crippen LogP contribution >= 0.6 is 7.60 Å². The topological polar surface area (TPSA) is 137 Å². The fourth-order valence-electron chi connectivity index (χ4n) is 3.36. The summed E-state index contributed by atoms with van der Waals surface area (Å²) in [5.74, 6) is 0.938. The van der Waals surface area contributed by atoms with Gasteiger partial charge in [-0.25, -0.2) is 4.79 Å². The van der Waals surface area contributed by atoms with Gasteiger partial charge in [0.25, 0.3) is 0 Å². The van der Waals surface area contributed by atoms with Crippen LogP contribution in [-0.2, 0) is 15.5 Å². The molecule has 3 rings (SSSR count). The Hall–Kier alpha value is -2.02. The molecule has 2 aromatic carbocycles. The maximum absolute atomic E-state index is 11.7. The molecule has 0 saturated heterocycles. The van der Waals surface area contributed by atoms with Gasteiger partial charge < -0.3 is 34.1 Å². The van der Waals surface area contributed by atoms with Crippen molar-refractivity contribution in [2.75, 3.05) is 26.0 Å². The third-order valence-electron chi connectivity index (χ3n) is 4.75. The second-order valence-electron chi connectivity index (χ2n) is 7.57. The van der Waals surface area contributed by atoms with Gasteiger partial charge in [-0.15, -0.1) is 5.06 Å². The first-order chi connectivity index (χ1) is 15.8. The van der Waals surface area contributed by atoms with Crippen LogP contribution in [0.15, 0.2) is 47.3 Å². The molecule has 4 N–H and O–H groups in total. The van der Waals surface area contributed by atoms with E-state index in [1.807, 2.05) is 6.92 Å². The van der Waals surface area contributed by atoms with Crippen LogP contribution in [0.3, 0.4) is 0 Å². The van der Waals surface area contributed by atoms with E-state index < -0.39 is 20.0 Å². The molecule has 34 heavy (non-hydrogen) atoms. The number of hydroxylamine groups is 2. The van der Waals surface area contributed by atoms with Crippen molar-refractivity contribution in [1.29, 1.82) is 0 Å². The zero-order valence-corrected chi connectivity index (χ0v) is 19.6. The van der Waals surface area contributed by atoms with Gasteiger partial charge in [-0.05, 0) is 49.6 Å². The van der Waals surface area contributed by atoms with Crippen molar-refractivity contribution in [3.63, 3.8) is 0 Å². The summed E-state index contributed by atoms with van der Waals surface area (Å²) in [6.45, 7) is 4.63. The monoisotopic (exact) mass is 487 g/mol. The SMILES string of the molecule is CCCN(CC(O)Cc1ccc(OCP(=O)(O)OCC)cc1)Oc1cccc2[nH]c(=O)[nH]c12.[LiH]. The van der Waals surface area contributed by atoms with Crippen LogP contribution in [0.2, 0.25) is 0 Å². The number of aliphatic hydroxyl groups excluding tert-OH is 1. The molecule has 10 nitrogen and oxygen atoms in total. The van der Waals surface area contributed by atoms with Crippen molar-refractivity contribution < 1.29 is 28.7 Å². The Morgan fingerprint density at radius 2 is 1.85 bits per heavy atom. The van der Waals surface area contributed by atoms with Crippen LogP contribution < -0.4 is 15.3 Å². The second-order valence-corrected chi connectivity index (χ2v) is 9.36. The molecule has 2 atom stereocenters. The van der Waals surface area contributed by atoms with Crippen molar-refractivity contribution in [3.8, 4) is 11.5 Å². The molecule has 0 amide bonds. The second kappa shape index (κ2) is 13.2. The molecule has 0 aliphatic heterocycles. The van der Waals surface area contributed by atoms with Gasteiger partial charge in [0, 0.05) is 6.54 Å². The van der Waals surface area contributed by atoms with Gasteiger partial charge >= 0.3 is 32.1 Å². The van der Waals surface area contributed by atoms with Crippen LogP contribution in [-0.4, -0.2) is 76.0 Å². The van der Waals surface area contributed by atoms with Gasteiger partial charge in [0.1, 0.15) is 11.3 Å². The van der Waals surface area contributed by atoms with Crippen molar-refractivity contribution in [2.45, 2.75) is 32.8 Å². The number of para-hydroxylation sites is 1. The van der Waals surface area contributed by atoms with Crippen LogP contribution in [0.4, 0.5) is 0 Å². The minimum absolute atomic E-state index is 0. The van der Waals surface area contributed by atoms with Crippen LogP contribution in [0.1, 0.15) is 25.8 Å². The number of benzene rings is 2. The molecule has 0 bridgehead atoms. The van der Waals surface area contributed by atoms with Crippen LogP contribution in [0, 0.1) is 0 Å². The summed E-state index contributed by atoms with van der Waals surface area (Å²) >= 11 is 0. The van der Waals surface area contributed by atoms with Crippen molar-refractivity contribution >= 4 is 37.5 Å². The van der Waals surface area contributed by atoms with Gasteiger partial charge in [-0.2, -0.15) is 0 Å². The van der Waals surface area contributed by atoms with Gasteiger partial charge in [0.2, 0.25) is 0 Å². The van der Waals surface area contributed by atoms with E-state index in [0.29, 0.717) is 35.5 Å². The fraction of sp³-hybridized carbons (Fsp3) is 0.409. The minimum atomic E-state index is -3.76. The standard InChI is InChI=1S/C22H30N3O7P.Li.H/c1-3-12-25(32-20-7-5-6-19-21(20)24-22(27)23-19)14-17(26)13-16-8-10-18(11-9-16)30-15-33(28,29)31-4-2;;/h5-11,17,26H,3-4,12-15H2,1-2H3,(H,28,29)(H2,23,24,27);;. The molecule has 2 unspecified atom stereocenters. The number of aromatic amines is 2. The van der Waals surface area contributed by atoms with E-state index in [9.17, 15) is 19.4 Å². The number of aromatic nitrogens is 2. The first-order valence-corrected chi connectivity index (χ1v) is 12.6. The Bertz CT molecular complexity index is 1140. The van der Waals surface area contributed by atoms with Crippen molar-refractivity contribution in [3.05, 3.63) is 58.5 Å². The van der Waals surface area contributed by atoms with E-state index in [1.54, 1.807) is 54.5 Å². The average molecular weight is 487 g/mol. The van der Waals surface area contributed by atoms with Gasteiger partial charge in [-0.1, -0.05) is 25.1 Å². The van der Waals surface area contributed by atoms with E-state index >= 15 is 0 Å². The maximum atomic E-state index is 11.7. The zero-order valence-electron chi connectivity index (χ0n) is 18.7. The van der Waals surface area contributed by atoms with Crippen molar-refractivity contribution in [2.24, 2.45) is 0 Å². The van der Waals surface area contributed by atoms with Crippen molar-refractivity contribution in [1.82, 2.24) is 15.0 Å². The number of hydrogen-bond donors (Lipinski definition) is 4. The number of nitrogens with one attached hydrogen (secondary N) is 2. The third kappa shape index (κ3) is 8.33. The molecule has 1 aromatic heterocycles. The predicted molar refractivity (Wildman–Crippen MR) is 132 cm³/mol.